The van der Waals surface area contributed by atoms with Crippen molar-refractivity contribution in [3.8, 4) is 17.0 Å². The van der Waals surface area contributed by atoms with Gasteiger partial charge in [0.05, 0.1) is 12.7 Å². The smallest absolute Gasteiger partial charge is 0.272 e. The molecule has 1 saturated heterocycles. The van der Waals surface area contributed by atoms with Gasteiger partial charge in [-0.15, -0.1) is 0 Å². The second kappa shape index (κ2) is 7.07. The van der Waals surface area contributed by atoms with E-state index in [0.717, 1.165) is 17.5 Å². The Balaban J connectivity index is 1.19. The molecule has 1 N–H and O–H groups in total. The number of aromatic amines is 1. The van der Waals surface area contributed by atoms with Crippen molar-refractivity contribution in [2.24, 2.45) is 0 Å². The summed E-state index contributed by atoms with van der Waals surface area (Å²) in [6, 6.07) is 7.69. The van der Waals surface area contributed by atoms with Gasteiger partial charge >= 0.3 is 0 Å². The second-order valence-electron chi connectivity index (χ2n) is 7.40. The summed E-state index contributed by atoms with van der Waals surface area (Å²) in [5, 5.41) is 6.71. The maximum atomic E-state index is 12.7. The van der Waals surface area contributed by atoms with E-state index in [0.29, 0.717) is 30.6 Å². The number of carbonyl (C=O) groups excluding carboxylic acids is 1. The number of nitrogens with one attached hydrogen (secondary N) is 1. The quantitative estimate of drug-likeness (QED) is 0.741. The molecule has 0 spiro atoms. The third-order valence-electron chi connectivity index (χ3n) is 5.34. The van der Waals surface area contributed by atoms with Gasteiger partial charge in [0.2, 0.25) is 5.88 Å². The number of likely N-dealkylation sites (tertiary alicyclic amines) is 1. The van der Waals surface area contributed by atoms with Crippen molar-refractivity contribution in [3.63, 3.8) is 0 Å². The van der Waals surface area contributed by atoms with Crippen molar-refractivity contribution < 1.29 is 9.53 Å². The molecule has 0 bridgehead atoms. The summed E-state index contributed by atoms with van der Waals surface area (Å²) in [5.74, 6) is 1.25. The minimum absolute atomic E-state index is 0.0339. The van der Waals surface area contributed by atoms with E-state index in [2.05, 4.69) is 26.2 Å². The van der Waals surface area contributed by atoms with E-state index in [-0.39, 0.29) is 12.0 Å². The highest BCUT2D eigenvalue weighted by atomic mass is 16.5. The number of hydrogen-bond donors (Lipinski definition) is 1. The van der Waals surface area contributed by atoms with Crippen molar-refractivity contribution in [2.45, 2.75) is 31.3 Å². The normalized spacial score (nSPS) is 19.0. The molecule has 4 heterocycles. The molecule has 7 nitrogen and oxygen atoms in total. The number of ether oxygens (including phenoxy) is 1. The molecule has 1 unspecified atom stereocenters. The highest BCUT2D eigenvalue weighted by molar-refractivity contribution is 5.92. The molecule has 28 heavy (non-hydrogen) atoms. The summed E-state index contributed by atoms with van der Waals surface area (Å²) in [6.45, 7) is 1.21. The molecule has 2 fully saturated rings. The lowest BCUT2D eigenvalue weighted by Crippen LogP contribution is -2.31. The molecule has 0 radical (unpaired) electrons. The molecule has 0 aromatic carbocycles. The fourth-order valence-corrected chi connectivity index (χ4v) is 3.56. The Morgan fingerprint density at radius 3 is 2.64 bits per heavy atom. The first-order valence-electron chi connectivity index (χ1n) is 9.63. The van der Waals surface area contributed by atoms with E-state index in [1.54, 1.807) is 29.6 Å². The molecule has 3 aromatic heterocycles. The van der Waals surface area contributed by atoms with Crippen LogP contribution in [-0.4, -0.2) is 50.2 Å². The zero-order valence-corrected chi connectivity index (χ0v) is 15.4. The molecule has 142 valence electrons. The molecule has 1 amide bonds. The van der Waals surface area contributed by atoms with Gasteiger partial charge in [0.25, 0.3) is 5.91 Å². The van der Waals surface area contributed by atoms with Crippen molar-refractivity contribution in [1.29, 1.82) is 0 Å². The standard InChI is InChI=1S/C21H21N5O2/c27-21(19-5-3-16(9-22-19)17-11-24-25-12-17)26-8-7-18(13-26)28-20-6-4-15(10-23-20)14-1-2-14/h3-6,9-12,14,18H,1-2,7-8,13H2,(H,24,25). The van der Waals surface area contributed by atoms with Crippen LogP contribution < -0.4 is 4.74 Å². The lowest BCUT2D eigenvalue weighted by atomic mass is 10.1. The number of rotatable bonds is 5. The van der Waals surface area contributed by atoms with Gasteiger partial charge in [0.1, 0.15) is 11.8 Å². The lowest BCUT2D eigenvalue weighted by molar-refractivity contribution is 0.0765. The third-order valence-corrected chi connectivity index (χ3v) is 5.34. The van der Waals surface area contributed by atoms with Gasteiger partial charge in [-0.3, -0.25) is 14.9 Å². The molecule has 1 aliphatic heterocycles. The van der Waals surface area contributed by atoms with E-state index in [1.165, 1.54) is 18.4 Å². The first-order chi connectivity index (χ1) is 13.8. The van der Waals surface area contributed by atoms with Crippen LogP contribution in [0.1, 0.15) is 41.2 Å². The van der Waals surface area contributed by atoms with Crippen LogP contribution in [0.25, 0.3) is 11.1 Å². The van der Waals surface area contributed by atoms with Crippen molar-refractivity contribution >= 4 is 5.91 Å². The predicted octanol–water partition coefficient (Wildman–Crippen LogP) is 3.04. The van der Waals surface area contributed by atoms with Gasteiger partial charge in [-0.05, 0) is 30.4 Å². The first-order valence-corrected chi connectivity index (χ1v) is 9.63. The van der Waals surface area contributed by atoms with Crippen LogP contribution in [0.4, 0.5) is 0 Å². The third kappa shape index (κ3) is 3.47. The monoisotopic (exact) mass is 375 g/mol. The lowest BCUT2D eigenvalue weighted by Gasteiger charge is -2.16. The maximum absolute atomic E-state index is 12.7. The van der Waals surface area contributed by atoms with Crippen molar-refractivity contribution in [2.75, 3.05) is 13.1 Å². The summed E-state index contributed by atoms with van der Waals surface area (Å²) >= 11 is 0. The van der Waals surface area contributed by atoms with Crippen LogP contribution in [0, 0.1) is 0 Å². The van der Waals surface area contributed by atoms with Gasteiger partial charge in [-0.25, -0.2) is 4.98 Å². The number of hydrogen-bond acceptors (Lipinski definition) is 5. The Kier molecular flexibility index (Phi) is 4.27. The minimum atomic E-state index is -0.0677. The first kappa shape index (κ1) is 16.9. The van der Waals surface area contributed by atoms with Crippen LogP contribution in [0.15, 0.2) is 49.1 Å². The van der Waals surface area contributed by atoms with Crippen LogP contribution in [0.3, 0.4) is 0 Å². The summed E-state index contributed by atoms with van der Waals surface area (Å²) in [7, 11) is 0. The molecule has 5 rings (SSSR count). The van der Waals surface area contributed by atoms with Crippen LogP contribution in [0.5, 0.6) is 5.88 Å². The Morgan fingerprint density at radius 1 is 1.04 bits per heavy atom. The van der Waals surface area contributed by atoms with Gasteiger partial charge in [0, 0.05) is 48.7 Å². The molecule has 3 aromatic rings. The Morgan fingerprint density at radius 2 is 1.96 bits per heavy atom. The fraction of sp³-hybridized carbons (Fsp3) is 0.333. The van der Waals surface area contributed by atoms with Crippen LogP contribution in [-0.2, 0) is 0 Å². The largest absolute Gasteiger partial charge is 0.472 e. The molecular formula is C21H21N5O2. The molecule has 7 heteroatoms. The minimum Gasteiger partial charge on any atom is -0.472 e. The molecule has 1 saturated carbocycles. The van der Waals surface area contributed by atoms with E-state index >= 15 is 0 Å². The zero-order valence-electron chi connectivity index (χ0n) is 15.4. The summed E-state index contributed by atoms with van der Waals surface area (Å²) in [5.41, 5.74) is 3.61. The fourth-order valence-electron chi connectivity index (χ4n) is 3.56. The highest BCUT2D eigenvalue weighted by Crippen LogP contribution is 2.39. The van der Waals surface area contributed by atoms with Gasteiger partial charge in [-0.1, -0.05) is 12.1 Å². The summed E-state index contributed by atoms with van der Waals surface area (Å²) in [6.07, 6.45) is 10.4. The summed E-state index contributed by atoms with van der Waals surface area (Å²) in [4.78, 5) is 23.3. The van der Waals surface area contributed by atoms with Crippen molar-refractivity contribution in [3.05, 3.63) is 60.3 Å². The average Bonchev–Trinajstić information content (AvgIpc) is 3.24. The Labute approximate surface area is 162 Å². The second-order valence-corrected chi connectivity index (χ2v) is 7.40. The number of H-pyrrole nitrogens is 1. The van der Waals surface area contributed by atoms with E-state index in [4.69, 9.17) is 4.74 Å². The SMILES string of the molecule is O=C(c1ccc(-c2cn[nH]c2)cn1)N1CCC(Oc2ccc(C3CC3)cn2)C1. The van der Waals surface area contributed by atoms with Crippen LogP contribution >= 0.6 is 0 Å². The topological polar surface area (TPSA) is 84.0 Å². The van der Waals surface area contributed by atoms with Gasteiger partial charge in [-0.2, -0.15) is 5.10 Å². The number of nitrogens with zero attached hydrogens (tertiary/aromatic N) is 4. The van der Waals surface area contributed by atoms with Crippen molar-refractivity contribution in [1.82, 2.24) is 25.1 Å². The van der Waals surface area contributed by atoms with E-state index in [9.17, 15) is 4.79 Å². The van der Waals surface area contributed by atoms with E-state index < -0.39 is 0 Å². The number of amides is 1. The van der Waals surface area contributed by atoms with Gasteiger partial charge < -0.3 is 9.64 Å². The molecule has 2 aliphatic rings. The molecule has 1 aliphatic carbocycles. The number of aromatic nitrogens is 4. The molecular weight excluding hydrogens is 354 g/mol. The average molecular weight is 375 g/mol. The number of carbonyl (C=O) groups is 1. The predicted molar refractivity (Wildman–Crippen MR) is 103 cm³/mol. The zero-order chi connectivity index (χ0) is 18.9. The molecule has 1 atom stereocenters. The maximum Gasteiger partial charge on any atom is 0.272 e. The van der Waals surface area contributed by atoms with E-state index in [1.807, 2.05) is 18.3 Å². The number of pyridine rings is 2. The summed E-state index contributed by atoms with van der Waals surface area (Å²) < 4.78 is 5.98. The highest BCUT2D eigenvalue weighted by Gasteiger charge is 2.29. The van der Waals surface area contributed by atoms with Gasteiger partial charge in [0.15, 0.2) is 0 Å². The Hall–Kier alpha value is -3.22. The Bertz CT molecular complexity index is 949. The van der Waals surface area contributed by atoms with Crippen LogP contribution in [0.2, 0.25) is 0 Å².